The Morgan fingerprint density at radius 1 is 1.75 bits per heavy atom. The summed E-state index contributed by atoms with van der Waals surface area (Å²) in [5, 5.41) is 8.60. The fourth-order valence-corrected chi connectivity index (χ4v) is 1.46. The predicted molar refractivity (Wildman–Crippen MR) is 42.6 cm³/mol. The van der Waals surface area contributed by atoms with E-state index in [1.807, 2.05) is 0 Å². The lowest BCUT2D eigenvalue weighted by atomic mass is 10.4. The number of H-pyrrole nitrogens is 1. The van der Waals surface area contributed by atoms with Crippen LogP contribution in [0.4, 0.5) is 0 Å². The number of aromatic nitrogens is 1. The maximum Gasteiger partial charge on any atom is 0.347 e. The Morgan fingerprint density at radius 3 is 2.92 bits per heavy atom. The molecule has 0 saturated carbocycles. The summed E-state index contributed by atoms with van der Waals surface area (Å²) < 4.78 is 4.71. The van der Waals surface area contributed by atoms with Crippen molar-refractivity contribution in [2.75, 3.05) is 7.11 Å². The number of hydrogen-bond acceptors (Lipinski definition) is 4. The number of carbonyl (C=O) groups is 1. The molecule has 1 rings (SSSR count). The molecule has 5 nitrogen and oxygen atoms in total. The zero-order valence-corrected chi connectivity index (χ0v) is 7.10. The van der Waals surface area contributed by atoms with Crippen molar-refractivity contribution in [3.8, 4) is 0 Å². The van der Waals surface area contributed by atoms with Crippen LogP contribution in [0.5, 0.6) is 0 Å². The lowest BCUT2D eigenvalue weighted by molar-refractivity contribution is 0.0697. The highest BCUT2D eigenvalue weighted by Gasteiger charge is 2.13. The first-order valence-corrected chi connectivity index (χ1v) is 3.91. The molecule has 2 N–H and O–H groups in total. The molecular weight excluding hydrogens is 182 g/mol. The maximum atomic E-state index is 10.7. The van der Waals surface area contributed by atoms with Gasteiger partial charge in [0.05, 0.1) is 12.3 Å². The van der Waals surface area contributed by atoms with Crippen LogP contribution in [0, 0.1) is 0 Å². The Bertz CT molecular complexity index is 340. The molecule has 1 heterocycles. The number of carboxylic acid groups (broad SMARTS) is 1. The van der Waals surface area contributed by atoms with Gasteiger partial charge in [-0.25, -0.2) is 4.79 Å². The lowest BCUT2D eigenvalue weighted by Gasteiger charge is -1.95. The molecule has 0 saturated heterocycles. The van der Waals surface area contributed by atoms with Gasteiger partial charge in [0, 0.05) is 7.11 Å². The minimum atomic E-state index is -1.11. The molecule has 0 atom stereocenters. The third-order valence-corrected chi connectivity index (χ3v) is 2.12. The van der Waals surface area contributed by atoms with Crippen molar-refractivity contribution in [2.45, 2.75) is 6.61 Å². The van der Waals surface area contributed by atoms with Crippen LogP contribution >= 0.6 is 11.3 Å². The van der Waals surface area contributed by atoms with Crippen molar-refractivity contribution in [1.82, 2.24) is 4.98 Å². The van der Waals surface area contributed by atoms with E-state index in [0.717, 1.165) is 0 Å². The molecule has 0 aromatic carbocycles. The van der Waals surface area contributed by atoms with Gasteiger partial charge in [0.25, 0.3) is 0 Å². The summed E-state index contributed by atoms with van der Waals surface area (Å²) in [6, 6.07) is 0. The molecule has 66 valence electrons. The molecular formula is C6H7NO4S. The molecule has 1 aromatic rings. The molecule has 0 aliphatic rings. The van der Waals surface area contributed by atoms with E-state index in [1.165, 1.54) is 7.11 Å². The maximum absolute atomic E-state index is 10.7. The Labute approximate surface area is 71.6 Å². The monoisotopic (exact) mass is 189 g/mol. The van der Waals surface area contributed by atoms with Crippen molar-refractivity contribution in [2.24, 2.45) is 0 Å². The first-order valence-electron chi connectivity index (χ1n) is 3.09. The first kappa shape index (κ1) is 8.95. The summed E-state index contributed by atoms with van der Waals surface area (Å²) in [5.74, 6) is -1.11. The first-order chi connectivity index (χ1) is 5.65. The average molecular weight is 189 g/mol. The second-order valence-electron chi connectivity index (χ2n) is 2.06. The summed E-state index contributed by atoms with van der Waals surface area (Å²) >= 11 is 0.672. The summed E-state index contributed by atoms with van der Waals surface area (Å²) in [7, 11) is 1.43. The zero-order chi connectivity index (χ0) is 9.14. The van der Waals surface area contributed by atoms with Gasteiger partial charge in [0.2, 0.25) is 0 Å². The van der Waals surface area contributed by atoms with Crippen LogP contribution in [-0.2, 0) is 11.3 Å². The summed E-state index contributed by atoms with van der Waals surface area (Å²) in [6.45, 7) is 0.111. The number of thiazole rings is 1. The van der Waals surface area contributed by atoms with E-state index < -0.39 is 5.97 Å². The number of aromatic carboxylic acids is 1. The topological polar surface area (TPSA) is 79.4 Å². The fourth-order valence-electron chi connectivity index (χ4n) is 0.778. The molecule has 0 radical (unpaired) electrons. The van der Waals surface area contributed by atoms with Crippen LogP contribution < -0.4 is 4.87 Å². The van der Waals surface area contributed by atoms with E-state index in [1.54, 1.807) is 0 Å². The minimum Gasteiger partial charge on any atom is -0.477 e. The van der Waals surface area contributed by atoms with E-state index in [-0.39, 0.29) is 16.4 Å². The minimum absolute atomic E-state index is 0.0156. The van der Waals surface area contributed by atoms with E-state index >= 15 is 0 Å². The molecule has 0 aliphatic heterocycles. The van der Waals surface area contributed by atoms with E-state index in [0.29, 0.717) is 17.0 Å². The number of aromatic amines is 1. The Morgan fingerprint density at radius 2 is 2.42 bits per heavy atom. The molecule has 0 amide bonds. The number of carboxylic acids is 1. The van der Waals surface area contributed by atoms with Crippen molar-refractivity contribution >= 4 is 17.3 Å². The smallest absolute Gasteiger partial charge is 0.347 e. The number of rotatable bonds is 3. The predicted octanol–water partition coefficient (Wildman–Crippen LogP) is 0.281. The van der Waals surface area contributed by atoms with Gasteiger partial charge in [-0.1, -0.05) is 11.3 Å². The van der Waals surface area contributed by atoms with Crippen LogP contribution in [-0.4, -0.2) is 23.2 Å². The van der Waals surface area contributed by atoms with E-state index in [4.69, 9.17) is 9.84 Å². The lowest BCUT2D eigenvalue weighted by Crippen LogP contribution is -2.00. The highest BCUT2D eigenvalue weighted by Crippen LogP contribution is 2.09. The van der Waals surface area contributed by atoms with Crippen LogP contribution in [0.1, 0.15) is 15.4 Å². The van der Waals surface area contributed by atoms with Gasteiger partial charge in [-0.15, -0.1) is 0 Å². The molecule has 0 unspecified atom stereocenters. The van der Waals surface area contributed by atoms with Gasteiger partial charge in [0.1, 0.15) is 4.88 Å². The molecule has 0 spiro atoms. The second kappa shape index (κ2) is 3.51. The van der Waals surface area contributed by atoms with Crippen molar-refractivity contribution in [3.63, 3.8) is 0 Å². The quantitative estimate of drug-likeness (QED) is 0.715. The highest BCUT2D eigenvalue weighted by molar-refractivity contribution is 7.11. The summed E-state index contributed by atoms with van der Waals surface area (Å²) in [4.78, 5) is 23.3. The van der Waals surface area contributed by atoms with Crippen molar-refractivity contribution < 1.29 is 14.6 Å². The SMILES string of the molecule is COCc1[nH]c(=O)sc1C(=O)O. The van der Waals surface area contributed by atoms with Gasteiger partial charge in [-0.05, 0) is 0 Å². The molecule has 6 heteroatoms. The van der Waals surface area contributed by atoms with Crippen LogP contribution in [0.25, 0.3) is 0 Å². The van der Waals surface area contributed by atoms with E-state index in [9.17, 15) is 9.59 Å². The third-order valence-electron chi connectivity index (χ3n) is 1.20. The average Bonchev–Trinajstić information content (AvgIpc) is 2.32. The number of nitrogens with one attached hydrogen (secondary N) is 1. The van der Waals surface area contributed by atoms with Gasteiger partial charge in [-0.3, -0.25) is 4.79 Å². The van der Waals surface area contributed by atoms with Gasteiger partial charge < -0.3 is 14.8 Å². The highest BCUT2D eigenvalue weighted by atomic mass is 32.1. The summed E-state index contributed by atoms with van der Waals surface area (Å²) in [6.07, 6.45) is 0. The largest absolute Gasteiger partial charge is 0.477 e. The summed E-state index contributed by atoms with van der Waals surface area (Å²) in [5.41, 5.74) is 0.319. The Kier molecular flexibility index (Phi) is 2.61. The molecule has 1 aromatic heterocycles. The van der Waals surface area contributed by atoms with E-state index in [2.05, 4.69) is 4.98 Å². The fraction of sp³-hybridized carbons (Fsp3) is 0.333. The van der Waals surface area contributed by atoms with Crippen LogP contribution in [0.3, 0.4) is 0 Å². The van der Waals surface area contributed by atoms with Gasteiger partial charge >= 0.3 is 10.8 Å². The van der Waals surface area contributed by atoms with Gasteiger partial charge in [-0.2, -0.15) is 0 Å². The molecule has 0 fully saturated rings. The standard InChI is InChI=1S/C6H7NO4S/c1-11-2-3-4(5(8)9)12-6(10)7-3/h2H2,1H3,(H,7,10)(H,8,9). The second-order valence-corrected chi connectivity index (χ2v) is 3.04. The van der Waals surface area contributed by atoms with Crippen molar-refractivity contribution in [1.29, 1.82) is 0 Å². The molecule has 12 heavy (non-hydrogen) atoms. The Balaban J connectivity index is 3.08. The van der Waals surface area contributed by atoms with Crippen molar-refractivity contribution in [3.05, 3.63) is 20.2 Å². The van der Waals surface area contributed by atoms with Crippen LogP contribution in [0.15, 0.2) is 4.79 Å². The number of methoxy groups -OCH3 is 1. The van der Waals surface area contributed by atoms with Gasteiger partial charge in [0.15, 0.2) is 0 Å². The molecule has 0 aliphatic carbocycles. The van der Waals surface area contributed by atoms with Crippen LogP contribution in [0.2, 0.25) is 0 Å². The molecule has 0 bridgehead atoms. The number of ether oxygens (including phenoxy) is 1. The third kappa shape index (κ3) is 1.72. The number of hydrogen-bond donors (Lipinski definition) is 2. The zero-order valence-electron chi connectivity index (χ0n) is 6.29. The normalized spacial score (nSPS) is 10.1. The Hall–Kier alpha value is -1.14.